The van der Waals surface area contributed by atoms with Crippen molar-refractivity contribution in [1.82, 2.24) is 4.98 Å². The molecular formula is C42H52IrNO2-. The average Bonchev–Trinajstić information content (AvgIpc) is 2.99. The quantitative estimate of drug-likeness (QED) is 0.127. The van der Waals surface area contributed by atoms with Crippen LogP contribution in [0.2, 0.25) is 0 Å². The number of carbonyl (C=O) groups excluding carboxylic acids is 1. The molecule has 2 aliphatic rings. The van der Waals surface area contributed by atoms with E-state index in [4.69, 9.17) is 10.1 Å². The van der Waals surface area contributed by atoms with Gasteiger partial charge in [-0.15, -0.1) is 29.1 Å². The van der Waals surface area contributed by atoms with Gasteiger partial charge in [0.05, 0.1) is 11.3 Å². The summed E-state index contributed by atoms with van der Waals surface area (Å²) in [6.07, 6.45) is 13.9. The zero-order valence-electron chi connectivity index (χ0n) is 28.9. The summed E-state index contributed by atoms with van der Waals surface area (Å²) in [5, 5.41) is 12.3. The number of aryl methyl sites for hydroxylation is 2. The molecule has 0 spiro atoms. The van der Waals surface area contributed by atoms with Gasteiger partial charge < -0.3 is 5.11 Å². The van der Waals surface area contributed by atoms with Crippen LogP contribution in [-0.4, -0.2) is 15.9 Å². The van der Waals surface area contributed by atoms with Crippen molar-refractivity contribution in [2.24, 2.45) is 11.8 Å². The van der Waals surface area contributed by atoms with E-state index in [1.54, 1.807) is 0 Å². The minimum absolute atomic E-state index is 0. The van der Waals surface area contributed by atoms with E-state index >= 15 is 0 Å². The monoisotopic (exact) mass is 795 g/mol. The van der Waals surface area contributed by atoms with Gasteiger partial charge in [0.15, 0.2) is 5.78 Å². The maximum Gasteiger partial charge on any atom is 0.155 e. The molecule has 247 valence electrons. The summed E-state index contributed by atoms with van der Waals surface area (Å²) in [6, 6.07) is 22.0. The van der Waals surface area contributed by atoms with Crippen LogP contribution in [0.15, 0.2) is 60.4 Å². The van der Waals surface area contributed by atoms with Gasteiger partial charge in [0, 0.05) is 37.3 Å². The number of fused-ring (bicyclic) bond motifs is 2. The van der Waals surface area contributed by atoms with Crippen LogP contribution in [0.3, 0.4) is 0 Å². The molecule has 1 radical (unpaired) electrons. The molecule has 2 fully saturated rings. The molecule has 2 aliphatic carbocycles. The van der Waals surface area contributed by atoms with Crippen molar-refractivity contribution in [3.63, 3.8) is 0 Å². The Labute approximate surface area is 290 Å². The van der Waals surface area contributed by atoms with Gasteiger partial charge in [0.1, 0.15) is 0 Å². The molecule has 1 aromatic heterocycles. The fourth-order valence-electron chi connectivity index (χ4n) is 8.04. The Balaban J connectivity index is 0.000000542. The van der Waals surface area contributed by atoms with Gasteiger partial charge in [-0.25, -0.2) is 0 Å². The van der Waals surface area contributed by atoms with Crippen LogP contribution >= 0.6 is 0 Å². The Morgan fingerprint density at radius 3 is 2.15 bits per heavy atom. The van der Waals surface area contributed by atoms with Crippen molar-refractivity contribution in [1.29, 1.82) is 0 Å². The summed E-state index contributed by atoms with van der Waals surface area (Å²) in [4.78, 5) is 15.3. The summed E-state index contributed by atoms with van der Waals surface area (Å²) in [5.41, 5.74) is 9.00. The number of aliphatic hydroxyl groups excluding tert-OH is 1. The maximum absolute atomic E-state index is 10.0. The third-order valence-corrected chi connectivity index (χ3v) is 10.1. The zero-order chi connectivity index (χ0) is 32.3. The second-order valence-electron chi connectivity index (χ2n) is 14.9. The molecule has 0 aliphatic heterocycles. The van der Waals surface area contributed by atoms with Gasteiger partial charge in [-0.05, 0) is 99.3 Å². The van der Waals surface area contributed by atoms with Crippen LogP contribution < -0.4 is 0 Å². The van der Waals surface area contributed by atoms with Crippen LogP contribution in [0.25, 0.3) is 32.9 Å². The molecule has 1 N–H and O–H groups in total. The third kappa shape index (κ3) is 8.55. The Kier molecular flexibility index (Phi) is 12.1. The molecule has 0 amide bonds. The number of hydrogen-bond acceptors (Lipinski definition) is 3. The first kappa shape index (κ1) is 36.0. The molecule has 46 heavy (non-hydrogen) atoms. The van der Waals surface area contributed by atoms with Crippen molar-refractivity contribution >= 4 is 27.5 Å². The minimum atomic E-state index is -0.125. The van der Waals surface area contributed by atoms with Crippen LogP contribution in [0, 0.1) is 31.7 Å². The Morgan fingerprint density at radius 1 is 0.891 bits per heavy atom. The molecule has 1 heterocycles. The first-order chi connectivity index (χ1) is 21.4. The number of aliphatic hydroxyl groups is 1. The van der Waals surface area contributed by atoms with E-state index in [0.717, 1.165) is 28.6 Å². The summed E-state index contributed by atoms with van der Waals surface area (Å²) < 4.78 is 0. The van der Waals surface area contributed by atoms with Gasteiger partial charge in [0.2, 0.25) is 0 Å². The first-order valence-corrected chi connectivity index (χ1v) is 17.2. The number of allylic oxidation sites excluding steroid dienone is 2. The number of ketones is 1. The molecule has 4 heteroatoms. The zero-order valence-corrected chi connectivity index (χ0v) is 31.3. The van der Waals surface area contributed by atoms with E-state index in [1.165, 1.54) is 116 Å². The molecule has 4 aromatic rings. The van der Waals surface area contributed by atoms with Gasteiger partial charge in [-0.3, -0.25) is 9.78 Å². The smallest absolute Gasteiger partial charge is 0.155 e. The van der Waals surface area contributed by atoms with Crippen LogP contribution in [-0.2, 0) is 30.3 Å². The Morgan fingerprint density at radius 2 is 1.54 bits per heavy atom. The second kappa shape index (κ2) is 15.4. The largest absolute Gasteiger partial charge is 0.512 e. The average molecular weight is 795 g/mol. The Hall–Kier alpha value is -2.81. The van der Waals surface area contributed by atoms with Crippen LogP contribution in [0.4, 0.5) is 0 Å². The summed E-state index contributed by atoms with van der Waals surface area (Å²) in [7, 11) is 0. The molecule has 0 atom stereocenters. The summed E-state index contributed by atoms with van der Waals surface area (Å²) in [6.45, 7) is 14.3. The summed E-state index contributed by atoms with van der Waals surface area (Å²) in [5.74, 6) is 2.50. The van der Waals surface area contributed by atoms with Crippen LogP contribution in [0.5, 0.6) is 0 Å². The molecule has 2 saturated carbocycles. The van der Waals surface area contributed by atoms with Crippen molar-refractivity contribution in [2.75, 3.05) is 0 Å². The molecule has 6 rings (SSSR count). The minimum Gasteiger partial charge on any atom is -0.512 e. The van der Waals surface area contributed by atoms with Crippen molar-refractivity contribution in [3.05, 3.63) is 88.7 Å². The van der Waals surface area contributed by atoms with Crippen molar-refractivity contribution < 1.29 is 30.0 Å². The van der Waals surface area contributed by atoms with E-state index in [1.807, 2.05) is 0 Å². The van der Waals surface area contributed by atoms with Gasteiger partial charge in [0.25, 0.3) is 0 Å². The standard InChI is InChI=1S/C37H44N.C5H8O2.Ir/c1-24-19-25(2)36-32(28-17-15-27(16-18-28)26-11-7-6-8-12-26)23-34(38-35(36)20-24)30-21-29-13-9-10-14-31(29)33(22-30)37(3,4)5;1-4(6)3-5(2)7;/h9-10,13-14,19-20,22-23,26-28H,6-8,11-12,15-18H2,1-5H3;3,6H,1-2H3;/q-1;;/b;4-3-;. The van der Waals surface area contributed by atoms with Gasteiger partial charge in [-0.2, -0.15) is 0 Å². The first-order valence-electron chi connectivity index (χ1n) is 17.2. The number of pyridine rings is 1. The molecule has 3 aromatic carbocycles. The second-order valence-corrected chi connectivity index (χ2v) is 14.9. The normalized spacial score (nSPS) is 19.3. The van der Waals surface area contributed by atoms with E-state index in [0.29, 0.717) is 5.92 Å². The predicted molar refractivity (Wildman–Crippen MR) is 190 cm³/mol. The third-order valence-electron chi connectivity index (χ3n) is 10.1. The fourth-order valence-corrected chi connectivity index (χ4v) is 8.04. The van der Waals surface area contributed by atoms with Gasteiger partial charge >= 0.3 is 0 Å². The van der Waals surface area contributed by atoms with Gasteiger partial charge in [-0.1, -0.05) is 94.2 Å². The van der Waals surface area contributed by atoms with E-state index < -0.39 is 0 Å². The number of benzene rings is 3. The number of rotatable bonds is 4. The molecule has 3 nitrogen and oxygen atoms in total. The van der Waals surface area contributed by atoms with E-state index in [-0.39, 0.29) is 37.1 Å². The number of aromatic nitrogens is 1. The van der Waals surface area contributed by atoms with E-state index in [2.05, 4.69) is 89.2 Å². The molecule has 0 unspecified atom stereocenters. The SMILES string of the molecule is CC(=O)/C=C(/C)O.Cc1cc(C)c2c(C3CCC(C4CCCCC4)CC3)cc(-c3[c-]c4ccccc4c(C(C)(C)C)c3)nc2c1.[Ir]. The molecule has 0 saturated heterocycles. The Bertz CT molecular complexity index is 1690. The molecular weight excluding hydrogens is 743 g/mol. The maximum atomic E-state index is 10.0. The van der Waals surface area contributed by atoms with E-state index in [9.17, 15) is 4.79 Å². The fraction of sp³-hybridized carbons (Fsp3) is 0.476. The number of hydrogen-bond donors (Lipinski definition) is 1. The van der Waals surface area contributed by atoms with Crippen molar-refractivity contribution in [3.8, 4) is 11.3 Å². The predicted octanol–water partition coefficient (Wildman–Crippen LogP) is 11.7. The van der Waals surface area contributed by atoms with Crippen LogP contribution in [0.1, 0.15) is 121 Å². The number of nitrogens with zero attached hydrogens (tertiary/aromatic N) is 1. The number of carbonyl (C=O) groups is 1. The van der Waals surface area contributed by atoms with Crippen molar-refractivity contribution in [2.45, 2.75) is 118 Å². The summed E-state index contributed by atoms with van der Waals surface area (Å²) >= 11 is 0. The molecule has 0 bridgehead atoms. The topological polar surface area (TPSA) is 50.2 Å².